The lowest BCUT2D eigenvalue weighted by Crippen LogP contribution is -2.51. The number of aliphatic hydroxyl groups excluding tert-OH is 1. The number of nitrogens with zero attached hydrogens (tertiary/aromatic N) is 2. The molecule has 1 amide bonds. The van der Waals surface area contributed by atoms with Crippen molar-refractivity contribution in [2.45, 2.75) is 16.9 Å². The molecule has 5 aromatic rings. The number of anilines is 4. The van der Waals surface area contributed by atoms with Crippen molar-refractivity contribution in [1.82, 2.24) is 15.3 Å². The second kappa shape index (κ2) is 12.5. The SMILES string of the molecule is O=C1N[C@@](c2cccc(Nc3ccc(F)cc3)n2)(c2cccc(Nc3ccc(F)c(F)c3)n2)CC(O)=C1Sc1ccccc1Cl. The molecule has 1 aliphatic heterocycles. The van der Waals surface area contributed by atoms with E-state index in [1.807, 2.05) is 0 Å². The first-order valence-electron chi connectivity index (χ1n) is 13.6. The van der Waals surface area contributed by atoms with Crippen molar-refractivity contribution in [3.63, 3.8) is 0 Å². The number of hydrogen-bond acceptors (Lipinski definition) is 7. The van der Waals surface area contributed by atoms with Crippen LogP contribution in [-0.2, 0) is 10.3 Å². The number of hydrogen-bond donors (Lipinski definition) is 4. The van der Waals surface area contributed by atoms with E-state index in [1.54, 1.807) is 72.8 Å². The summed E-state index contributed by atoms with van der Waals surface area (Å²) in [5, 5.41) is 20.9. The van der Waals surface area contributed by atoms with Gasteiger partial charge in [0.05, 0.1) is 16.4 Å². The van der Waals surface area contributed by atoms with E-state index in [0.29, 0.717) is 32.8 Å². The predicted octanol–water partition coefficient (Wildman–Crippen LogP) is 8.36. The van der Waals surface area contributed by atoms with Gasteiger partial charge in [0.15, 0.2) is 11.6 Å². The fourth-order valence-electron chi connectivity index (χ4n) is 4.83. The summed E-state index contributed by atoms with van der Waals surface area (Å²) in [5.41, 5.74) is 0.0274. The quantitative estimate of drug-likeness (QED) is 0.135. The van der Waals surface area contributed by atoms with E-state index >= 15 is 0 Å². The lowest BCUT2D eigenvalue weighted by Gasteiger charge is -2.37. The van der Waals surface area contributed by atoms with E-state index in [0.717, 1.165) is 23.9 Å². The maximum absolute atomic E-state index is 13.9. The average Bonchev–Trinajstić information content (AvgIpc) is 3.03. The van der Waals surface area contributed by atoms with Crippen molar-refractivity contribution in [1.29, 1.82) is 0 Å². The third kappa shape index (κ3) is 6.45. The molecule has 0 aliphatic carbocycles. The van der Waals surface area contributed by atoms with E-state index in [4.69, 9.17) is 21.6 Å². The molecule has 0 bridgehead atoms. The van der Waals surface area contributed by atoms with Crippen molar-refractivity contribution in [2.24, 2.45) is 0 Å². The van der Waals surface area contributed by atoms with Crippen molar-refractivity contribution in [3.05, 3.63) is 148 Å². The highest BCUT2D eigenvalue weighted by Gasteiger charge is 2.45. The maximum Gasteiger partial charge on any atom is 0.262 e. The van der Waals surface area contributed by atoms with E-state index in [9.17, 15) is 23.1 Å². The predicted molar refractivity (Wildman–Crippen MR) is 168 cm³/mol. The van der Waals surface area contributed by atoms with Gasteiger partial charge in [-0.25, -0.2) is 23.1 Å². The smallest absolute Gasteiger partial charge is 0.262 e. The number of thioether (sulfide) groups is 1. The zero-order valence-electron chi connectivity index (χ0n) is 23.2. The van der Waals surface area contributed by atoms with Gasteiger partial charge in [0.25, 0.3) is 5.91 Å². The Morgan fingerprint density at radius 3 is 2.02 bits per heavy atom. The Morgan fingerprint density at radius 1 is 0.778 bits per heavy atom. The van der Waals surface area contributed by atoms with Crippen molar-refractivity contribution < 1.29 is 23.1 Å². The van der Waals surface area contributed by atoms with E-state index in [-0.39, 0.29) is 34.4 Å². The highest BCUT2D eigenvalue weighted by atomic mass is 35.5. The summed E-state index contributed by atoms with van der Waals surface area (Å²) in [6, 6.07) is 26.1. The van der Waals surface area contributed by atoms with Gasteiger partial charge in [-0.2, -0.15) is 0 Å². The van der Waals surface area contributed by atoms with Crippen LogP contribution in [0.15, 0.2) is 119 Å². The number of carbonyl (C=O) groups excluding carboxylic acids is 1. The van der Waals surface area contributed by atoms with Crippen LogP contribution in [0, 0.1) is 17.5 Å². The molecule has 0 radical (unpaired) electrons. The first-order chi connectivity index (χ1) is 21.7. The number of aliphatic hydroxyl groups is 1. The first kappa shape index (κ1) is 30.0. The molecule has 0 fully saturated rings. The summed E-state index contributed by atoms with van der Waals surface area (Å²) >= 11 is 7.36. The number of pyridine rings is 2. The molecule has 0 unspecified atom stereocenters. The van der Waals surface area contributed by atoms with Crippen molar-refractivity contribution in [2.75, 3.05) is 10.6 Å². The topological polar surface area (TPSA) is 99.2 Å². The Morgan fingerprint density at radius 2 is 1.40 bits per heavy atom. The molecule has 12 heteroatoms. The van der Waals surface area contributed by atoms with Crippen molar-refractivity contribution in [3.8, 4) is 0 Å². The van der Waals surface area contributed by atoms with E-state index in [1.165, 1.54) is 18.2 Å². The average molecular weight is 646 g/mol. The molecule has 6 rings (SSSR count). The number of halogens is 4. The summed E-state index contributed by atoms with van der Waals surface area (Å²) in [6.45, 7) is 0. The number of amides is 1. The van der Waals surface area contributed by atoms with Crippen LogP contribution >= 0.6 is 23.4 Å². The standard InChI is InChI=1S/C33H23ClF3N5O2S/c34-22-5-1-2-6-26(22)45-31-25(43)18-33(42-32(31)44,27-7-3-9-29(40-27)38-20-13-11-19(35)12-14-20)28-8-4-10-30(41-28)39-21-15-16-23(36)24(37)17-21/h1-17,43H,18H2,(H,38,40)(H,39,41)(H,42,44)/t33-/m0/s1. The van der Waals surface area contributed by atoms with Gasteiger partial charge in [-0.3, -0.25) is 4.79 Å². The third-order valence-electron chi connectivity index (χ3n) is 6.96. The van der Waals surface area contributed by atoms with E-state index in [2.05, 4.69) is 16.0 Å². The molecule has 1 aliphatic rings. The van der Waals surface area contributed by atoms with Crippen LogP contribution in [0.5, 0.6) is 0 Å². The van der Waals surface area contributed by atoms with Gasteiger partial charge in [-0.15, -0.1) is 0 Å². The normalized spacial score (nSPS) is 16.3. The number of carbonyl (C=O) groups is 1. The lowest BCUT2D eigenvalue weighted by atomic mass is 9.83. The van der Waals surface area contributed by atoms with Crippen LogP contribution in [0.25, 0.3) is 0 Å². The molecule has 0 saturated carbocycles. The highest BCUT2D eigenvalue weighted by Crippen LogP contribution is 2.43. The van der Waals surface area contributed by atoms with Crippen LogP contribution in [0.2, 0.25) is 5.02 Å². The molecule has 1 atom stereocenters. The van der Waals surface area contributed by atoms with Gasteiger partial charge < -0.3 is 21.1 Å². The monoisotopic (exact) mass is 645 g/mol. The van der Waals surface area contributed by atoms with Crippen LogP contribution < -0.4 is 16.0 Å². The summed E-state index contributed by atoms with van der Waals surface area (Å²) in [7, 11) is 0. The Kier molecular flexibility index (Phi) is 8.38. The summed E-state index contributed by atoms with van der Waals surface area (Å²) < 4.78 is 40.9. The summed E-state index contributed by atoms with van der Waals surface area (Å²) in [4.78, 5) is 23.9. The molecule has 4 N–H and O–H groups in total. The molecule has 45 heavy (non-hydrogen) atoms. The molecular formula is C33H23ClF3N5O2S. The number of benzene rings is 3. The third-order valence-corrected chi connectivity index (χ3v) is 8.60. The van der Waals surface area contributed by atoms with Gasteiger partial charge >= 0.3 is 0 Å². The fourth-order valence-corrected chi connectivity index (χ4v) is 5.94. The second-order valence-corrected chi connectivity index (χ2v) is 11.5. The minimum Gasteiger partial charge on any atom is -0.511 e. The summed E-state index contributed by atoms with van der Waals surface area (Å²) in [5.74, 6) is -2.52. The molecule has 2 aromatic heterocycles. The van der Waals surface area contributed by atoms with Gasteiger partial charge in [0.1, 0.15) is 33.7 Å². The summed E-state index contributed by atoms with van der Waals surface area (Å²) in [6.07, 6.45) is -0.125. The maximum atomic E-state index is 13.9. The van der Waals surface area contributed by atoms with Crippen LogP contribution in [0.3, 0.4) is 0 Å². The molecule has 7 nitrogen and oxygen atoms in total. The molecule has 3 heterocycles. The minimum absolute atomic E-state index is 0.0652. The molecule has 226 valence electrons. The van der Waals surface area contributed by atoms with Gasteiger partial charge in [-0.05, 0) is 72.8 Å². The Labute approximate surface area is 265 Å². The largest absolute Gasteiger partial charge is 0.511 e. The Bertz CT molecular complexity index is 1940. The first-order valence-corrected chi connectivity index (χ1v) is 14.8. The molecule has 3 aromatic carbocycles. The molecule has 0 saturated heterocycles. The molecular weight excluding hydrogens is 623 g/mol. The molecule has 0 spiro atoms. The fraction of sp³-hybridized carbons (Fsp3) is 0.0606. The van der Waals surface area contributed by atoms with E-state index < -0.39 is 23.1 Å². The van der Waals surface area contributed by atoms with Crippen molar-refractivity contribution >= 4 is 52.3 Å². The lowest BCUT2D eigenvalue weighted by molar-refractivity contribution is -0.119. The minimum atomic E-state index is -1.46. The van der Waals surface area contributed by atoms with Gasteiger partial charge in [0.2, 0.25) is 0 Å². The van der Waals surface area contributed by atoms with Crippen LogP contribution in [-0.4, -0.2) is 21.0 Å². The number of rotatable bonds is 8. The van der Waals surface area contributed by atoms with Crippen LogP contribution in [0.4, 0.5) is 36.2 Å². The zero-order valence-corrected chi connectivity index (χ0v) is 24.8. The Hall–Kier alpha value is -5.00. The van der Waals surface area contributed by atoms with Gasteiger partial charge in [-0.1, -0.05) is 47.6 Å². The van der Waals surface area contributed by atoms with Gasteiger partial charge in [0, 0.05) is 28.8 Å². The number of aromatic nitrogens is 2. The second-order valence-electron chi connectivity index (χ2n) is 10.0. The number of nitrogens with one attached hydrogen (secondary N) is 3. The highest BCUT2D eigenvalue weighted by molar-refractivity contribution is 8.04. The Balaban J connectivity index is 1.42. The van der Waals surface area contributed by atoms with Crippen LogP contribution in [0.1, 0.15) is 17.8 Å². The zero-order chi connectivity index (χ0) is 31.6.